The molecule has 0 fully saturated rings. The number of fused-ring (bicyclic) bond motifs is 1. The molecule has 5 rings (SSSR count). The number of nitrogens with zero attached hydrogens (tertiary/aromatic N) is 4. The van der Waals surface area contributed by atoms with E-state index >= 15 is 0 Å². The van der Waals surface area contributed by atoms with Crippen molar-refractivity contribution in [3.63, 3.8) is 0 Å². The minimum absolute atomic E-state index is 0.0102. The number of benzene rings is 2. The van der Waals surface area contributed by atoms with Crippen LogP contribution in [0, 0.1) is 6.92 Å². The highest BCUT2D eigenvalue weighted by Gasteiger charge is 2.32. The quantitative estimate of drug-likeness (QED) is 0.449. The molecule has 0 N–H and O–H groups in total. The monoisotopic (exact) mass is 446 g/mol. The van der Waals surface area contributed by atoms with E-state index in [0.717, 1.165) is 27.2 Å². The summed E-state index contributed by atoms with van der Waals surface area (Å²) in [6.45, 7) is 3.12. The highest BCUT2D eigenvalue weighted by atomic mass is 79.9. The lowest BCUT2D eigenvalue weighted by Gasteiger charge is -2.18. The molecule has 0 saturated heterocycles. The number of aryl methyl sites for hydroxylation is 1. The maximum Gasteiger partial charge on any atom is 0.255 e. The Morgan fingerprint density at radius 1 is 1.00 bits per heavy atom. The lowest BCUT2D eigenvalue weighted by Crippen LogP contribution is -2.26. The summed E-state index contributed by atoms with van der Waals surface area (Å²) < 4.78 is 4.86. The Kier molecular flexibility index (Phi) is 4.36. The number of halogens is 1. The zero-order valence-electron chi connectivity index (χ0n) is 15.9. The van der Waals surface area contributed by atoms with Crippen molar-refractivity contribution < 1.29 is 4.79 Å². The Hall–Kier alpha value is -3.12. The molecule has 0 atom stereocenters. The Morgan fingerprint density at radius 2 is 1.79 bits per heavy atom. The SMILES string of the molecule is Cc1cccc(-n2nc3c(c2-n2cccc2)CN(C(=O)c2ccccc2Br)C3)c1. The third kappa shape index (κ3) is 3.09. The van der Waals surface area contributed by atoms with E-state index in [4.69, 9.17) is 5.10 Å². The first kappa shape index (κ1) is 17.9. The molecule has 2 aromatic heterocycles. The lowest BCUT2D eigenvalue weighted by atomic mass is 10.2. The van der Waals surface area contributed by atoms with Crippen LogP contribution in [0.25, 0.3) is 11.5 Å². The zero-order valence-corrected chi connectivity index (χ0v) is 17.5. The first-order chi connectivity index (χ1) is 14.1. The molecule has 4 aromatic rings. The third-order valence-corrected chi connectivity index (χ3v) is 5.91. The molecule has 144 valence electrons. The first-order valence-corrected chi connectivity index (χ1v) is 10.3. The first-order valence-electron chi connectivity index (χ1n) is 9.47. The van der Waals surface area contributed by atoms with Gasteiger partial charge in [0.25, 0.3) is 5.91 Å². The molecule has 0 aliphatic carbocycles. The minimum atomic E-state index is 0.0102. The second-order valence-electron chi connectivity index (χ2n) is 7.23. The second-order valence-corrected chi connectivity index (χ2v) is 8.09. The van der Waals surface area contributed by atoms with E-state index in [9.17, 15) is 4.79 Å². The Morgan fingerprint density at radius 3 is 2.55 bits per heavy atom. The maximum atomic E-state index is 13.1. The summed E-state index contributed by atoms with van der Waals surface area (Å²) in [4.78, 5) is 14.9. The van der Waals surface area contributed by atoms with Gasteiger partial charge in [-0.05, 0) is 64.8 Å². The molecule has 29 heavy (non-hydrogen) atoms. The van der Waals surface area contributed by atoms with Crippen molar-refractivity contribution >= 4 is 21.8 Å². The maximum absolute atomic E-state index is 13.1. The average molecular weight is 447 g/mol. The van der Waals surface area contributed by atoms with Crippen LogP contribution in [0.3, 0.4) is 0 Å². The Labute approximate surface area is 177 Å². The number of hydrogen-bond acceptors (Lipinski definition) is 2. The van der Waals surface area contributed by atoms with Gasteiger partial charge in [-0.2, -0.15) is 5.10 Å². The summed E-state index contributed by atoms with van der Waals surface area (Å²) in [7, 11) is 0. The van der Waals surface area contributed by atoms with Crippen LogP contribution in [0.2, 0.25) is 0 Å². The van der Waals surface area contributed by atoms with Gasteiger partial charge in [-0.3, -0.25) is 4.79 Å². The molecule has 0 radical (unpaired) electrons. The van der Waals surface area contributed by atoms with E-state index in [1.807, 2.05) is 64.4 Å². The van der Waals surface area contributed by atoms with Crippen molar-refractivity contribution in [3.8, 4) is 11.5 Å². The highest BCUT2D eigenvalue weighted by molar-refractivity contribution is 9.10. The van der Waals surface area contributed by atoms with Crippen LogP contribution in [0.4, 0.5) is 0 Å². The summed E-state index contributed by atoms with van der Waals surface area (Å²) in [5.74, 6) is 0.995. The van der Waals surface area contributed by atoms with Gasteiger partial charge in [0.2, 0.25) is 0 Å². The van der Waals surface area contributed by atoms with Crippen LogP contribution in [0.1, 0.15) is 27.2 Å². The van der Waals surface area contributed by atoms with E-state index in [1.165, 1.54) is 5.56 Å². The summed E-state index contributed by atoms with van der Waals surface area (Å²) in [5.41, 5.74) is 4.90. The molecule has 1 aliphatic rings. The van der Waals surface area contributed by atoms with Crippen LogP contribution < -0.4 is 0 Å². The standard InChI is InChI=1S/C23H19BrN4O/c1-16-7-6-8-17(13-16)28-22(26-11-4-5-12-26)19-14-27(15-21(19)25-28)23(29)18-9-2-3-10-20(18)24/h2-13H,14-15H2,1H3. The molecule has 5 nitrogen and oxygen atoms in total. The van der Waals surface area contributed by atoms with E-state index in [-0.39, 0.29) is 5.91 Å². The van der Waals surface area contributed by atoms with E-state index < -0.39 is 0 Å². The summed E-state index contributed by atoms with van der Waals surface area (Å²) >= 11 is 3.49. The molecule has 6 heteroatoms. The van der Waals surface area contributed by atoms with E-state index in [2.05, 4.69) is 45.6 Å². The van der Waals surface area contributed by atoms with Crippen molar-refractivity contribution in [2.24, 2.45) is 0 Å². The smallest absolute Gasteiger partial charge is 0.255 e. The fourth-order valence-electron chi connectivity index (χ4n) is 3.83. The highest BCUT2D eigenvalue weighted by Crippen LogP contribution is 2.32. The average Bonchev–Trinajstić information content (AvgIpc) is 3.43. The fraction of sp³-hybridized carbons (Fsp3) is 0.130. The number of rotatable bonds is 3. The molecule has 1 amide bonds. The number of hydrogen-bond donors (Lipinski definition) is 0. The van der Waals surface area contributed by atoms with E-state index in [1.54, 1.807) is 0 Å². The topological polar surface area (TPSA) is 43.1 Å². The van der Waals surface area contributed by atoms with Gasteiger partial charge in [-0.15, -0.1) is 0 Å². The molecule has 3 heterocycles. The van der Waals surface area contributed by atoms with Crippen LogP contribution in [0.5, 0.6) is 0 Å². The van der Waals surface area contributed by atoms with Crippen molar-refractivity contribution in [1.82, 2.24) is 19.2 Å². The van der Waals surface area contributed by atoms with Crippen LogP contribution in [0.15, 0.2) is 77.5 Å². The normalized spacial score (nSPS) is 13.0. The Bertz CT molecular complexity index is 1210. The van der Waals surface area contributed by atoms with Crippen molar-refractivity contribution in [1.29, 1.82) is 0 Å². The van der Waals surface area contributed by atoms with Crippen LogP contribution in [-0.4, -0.2) is 25.2 Å². The zero-order chi connectivity index (χ0) is 20.0. The predicted octanol–water partition coefficient (Wildman–Crippen LogP) is 4.89. The van der Waals surface area contributed by atoms with E-state index in [0.29, 0.717) is 18.7 Å². The summed E-state index contributed by atoms with van der Waals surface area (Å²) in [6, 6.07) is 19.8. The van der Waals surface area contributed by atoms with Gasteiger partial charge in [-0.25, -0.2) is 4.68 Å². The van der Waals surface area contributed by atoms with Crippen molar-refractivity contribution in [3.05, 3.63) is 99.9 Å². The van der Waals surface area contributed by atoms with Gasteiger partial charge in [0, 0.05) is 22.4 Å². The molecule has 0 bridgehead atoms. The molecular formula is C23H19BrN4O. The van der Waals surface area contributed by atoms with Gasteiger partial charge in [0.05, 0.1) is 30.0 Å². The van der Waals surface area contributed by atoms with Crippen LogP contribution in [-0.2, 0) is 13.1 Å². The predicted molar refractivity (Wildman–Crippen MR) is 115 cm³/mol. The second kappa shape index (κ2) is 7.04. The molecule has 1 aliphatic heterocycles. The van der Waals surface area contributed by atoms with Crippen LogP contribution >= 0.6 is 15.9 Å². The molecular weight excluding hydrogens is 428 g/mol. The van der Waals surface area contributed by atoms with Gasteiger partial charge in [0.15, 0.2) is 0 Å². The van der Waals surface area contributed by atoms with Gasteiger partial charge in [-0.1, -0.05) is 24.3 Å². The number of carbonyl (C=O) groups is 1. The fourth-order valence-corrected chi connectivity index (χ4v) is 4.29. The minimum Gasteiger partial charge on any atom is -0.328 e. The van der Waals surface area contributed by atoms with Gasteiger partial charge < -0.3 is 9.47 Å². The molecule has 0 unspecified atom stereocenters. The lowest BCUT2D eigenvalue weighted by molar-refractivity contribution is 0.0748. The van der Waals surface area contributed by atoms with Crippen molar-refractivity contribution in [2.75, 3.05) is 0 Å². The largest absolute Gasteiger partial charge is 0.328 e. The third-order valence-electron chi connectivity index (χ3n) is 5.22. The van der Waals surface area contributed by atoms with Crippen molar-refractivity contribution in [2.45, 2.75) is 20.0 Å². The number of amides is 1. The number of carbonyl (C=O) groups excluding carboxylic acids is 1. The molecule has 0 saturated carbocycles. The Balaban J connectivity index is 1.56. The number of aromatic nitrogens is 3. The summed E-state index contributed by atoms with van der Waals surface area (Å²) in [6.07, 6.45) is 4.03. The van der Waals surface area contributed by atoms with Gasteiger partial charge in [0.1, 0.15) is 5.82 Å². The summed E-state index contributed by atoms with van der Waals surface area (Å²) in [5, 5.41) is 4.90. The molecule has 2 aromatic carbocycles. The van der Waals surface area contributed by atoms with Gasteiger partial charge >= 0.3 is 0 Å². The molecule has 0 spiro atoms.